The fraction of sp³-hybridized carbons (Fsp3) is 0.308. The zero-order valence-electron chi connectivity index (χ0n) is 9.54. The topological polar surface area (TPSA) is 20.3 Å². The van der Waals surface area contributed by atoms with E-state index in [1.807, 2.05) is 6.92 Å². The monoisotopic (exact) mass is 297 g/mol. The third-order valence-corrected chi connectivity index (χ3v) is 2.88. The first-order valence-electron chi connectivity index (χ1n) is 5.28. The molecular weight excluding hydrogens is 285 g/mol. The summed E-state index contributed by atoms with van der Waals surface area (Å²) in [5.74, 6) is 1.88. The van der Waals surface area contributed by atoms with Gasteiger partial charge in [-0.2, -0.15) is 0 Å². The highest BCUT2D eigenvalue weighted by molar-refractivity contribution is 9.10. The van der Waals surface area contributed by atoms with Crippen LogP contribution in [0.25, 0.3) is 0 Å². The number of hydrogen-bond donors (Lipinski definition) is 0. The van der Waals surface area contributed by atoms with Crippen molar-refractivity contribution in [3.63, 3.8) is 0 Å². The molecule has 1 aromatic rings. The van der Waals surface area contributed by atoms with Crippen LogP contribution >= 0.6 is 15.9 Å². The molecule has 0 radical (unpaired) electrons. The van der Waals surface area contributed by atoms with Crippen LogP contribution in [0, 0.1) is 18.2 Å². The van der Waals surface area contributed by atoms with Crippen LogP contribution in [0.4, 0.5) is 4.39 Å². The quantitative estimate of drug-likeness (QED) is 0.782. The summed E-state index contributed by atoms with van der Waals surface area (Å²) in [7, 11) is 0. The molecule has 0 aromatic heterocycles. The lowest BCUT2D eigenvalue weighted by Crippen LogP contribution is -2.32. The lowest BCUT2D eigenvalue weighted by atomic mass is 10.2. The minimum absolute atomic E-state index is 0.184. The Kier molecular flexibility index (Phi) is 5.17. The fourth-order valence-corrected chi connectivity index (χ4v) is 1.99. The van der Waals surface area contributed by atoms with E-state index in [9.17, 15) is 9.18 Å². The third-order valence-electron chi connectivity index (χ3n) is 2.22. The number of benzene rings is 1. The molecule has 0 aliphatic heterocycles. The molecule has 2 nitrogen and oxygen atoms in total. The van der Waals surface area contributed by atoms with Crippen molar-refractivity contribution in [1.29, 1.82) is 0 Å². The SMILES string of the molecule is C#CCN(CCC)C(=O)c1ccc(F)cc1Br. The average molecular weight is 298 g/mol. The molecule has 17 heavy (non-hydrogen) atoms. The minimum atomic E-state index is -0.382. The zero-order valence-corrected chi connectivity index (χ0v) is 11.1. The predicted octanol–water partition coefficient (Wildman–Crippen LogP) is 3.07. The standard InChI is InChI=1S/C13H13BrFNO/c1-3-7-16(8-4-2)13(17)11-6-5-10(15)9-12(11)14/h1,5-6,9H,4,7-8H2,2H3. The van der Waals surface area contributed by atoms with Crippen LogP contribution in [0.1, 0.15) is 23.7 Å². The molecule has 90 valence electrons. The predicted molar refractivity (Wildman–Crippen MR) is 69.1 cm³/mol. The molecule has 1 amide bonds. The van der Waals surface area contributed by atoms with E-state index in [0.717, 1.165) is 6.42 Å². The number of halogens is 2. The van der Waals surface area contributed by atoms with Crippen molar-refractivity contribution in [2.75, 3.05) is 13.1 Å². The van der Waals surface area contributed by atoms with Crippen molar-refractivity contribution in [3.05, 3.63) is 34.1 Å². The van der Waals surface area contributed by atoms with Gasteiger partial charge in [0.05, 0.1) is 12.1 Å². The van der Waals surface area contributed by atoms with Gasteiger partial charge in [-0.25, -0.2) is 4.39 Å². The molecule has 0 atom stereocenters. The molecule has 0 saturated carbocycles. The van der Waals surface area contributed by atoms with E-state index in [4.69, 9.17) is 6.42 Å². The molecule has 0 aliphatic carbocycles. The number of terminal acetylenes is 1. The van der Waals surface area contributed by atoms with Gasteiger partial charge >= 0.3 is 0 Å². The summed E-state index contributed by atoms with van der Waals surface area (Å²) >= 11 is 3.18. The number of hydrogen-bond acceptors (Lipinski definition) is 1. The number of amides is 1. The summed E-state index contributed by atoms with van der Waals surface area (Å²) in [5, 5.41) is 0. The Morgan fingerprint density at radius 2 is 2.29 bits per heavy atom. The molecule has 0 aliphatic rings. The molecule has 0 unspecified atom stereocenters. The molecule has 0 heterocycles. The van der Waals surface area contributed by atoms with Crippen LogP contribution in [-0.2, 0) is 0 Å². The average Bonchev–Trinajstić information content (AvgIpc) is 2.28. The Balaban J connectivity index is 2.97. The normalized spacial score (nSPS) is 9.76. The second-order valence-electron chi connectivity index (χ2n) is 3.56. The van der Waals surface area contributed by atoms with Crippen LogP contribution in [0.5, 0.6) is 0 Å². The van der Waals surface area contributed by atoms with Crippen LogP contribution in [-0.4, -0.2) is 23.9 Å². The van der Waals surface area contributed by atoms with E-state index in [-0.39, 0.29) is 18.3 Å². The Labute approximate surface area is 109 Å². The van der Waals surface area contributed by atoms with Crippen molar-refractivity contribution < 1.29 is 9.18 Å². The number of nitrogens with zero attached hydrogens (tertiary/aromatic N) is 1. The van der Waals surface area contributed by atoms with E-state index in [1.54, 1.807) is 4.90 Å². The largest absolute Gasteiger partial charge is 0.327 e. The van der Waals surface area contributed by atoms with Crippen LogP contribution < -0.4 is 0 Å². The van der Waals surface area contributed by atoms with Gasteiger partial charge in [0.2, 0.25) is 0 Å². The van der Waals surface area contributed by atoms with Gasteiger partial charge in [-0.3, -0.25) is 4.79 Å². The summed E-state index contributed by atoms with van der Waals surface area (Å²) in [6.07, 6.45) is 6.05. The first kappa shape index (κ1) is 13.7. The highest BCUT2D eigenvalue weighted by Gasteiger charge is 2.16. The maximum atomic E-state index is 12.9. The first-order chi connectivity index (χ1) is 8.10. The highest BCUT2D eigenvalue weighted by Crippen LogP contribution is 2.19. The van der Waals surface area contributed by atoms with Crippen molar-refractivity contribution in [2.24, 2.45) is 0 Å². The summed E-state index contributed by atoms with van der Waals surface area (Å²) in [5.41, 5.74) is 0.426. The van der Waals surface area contributed by atoms with E-state index in [0.29, 0.717) is 16.6 Å². The van der Waals surface area contributed by atoms with Gasteiger partial charge in [0, 0.05) is 11.0 Å². The first-order valence-corrected chi connectivity index (χ1v) is 6.07. The number of carbonyl (C=O) groups excluding carboxylic acids is 1. The van der Waals surface area contributed by atoms with Gasteiger partial charge in [0.1, 0.15) is 5.82 Å². The Bertz CT molecular complexity index is 453. The summed E-state index contributed by atoms with van der Waals surface area (Å²) in [6.45, 7) is 2.82. The number of carbonyl (C=O) groups is 1. The fourth-order valence-electron chi connectivity index (χ4n) is 1.47. The van der Waals surface area contributed by atoms with Gasteiger partial charge in [-0.05, 0) is 40.5 Å². The Morgan fingerprint density at radius 1 is 1.59 bits per heavy atom. The second-order valence-corrected chi connectivity index (χ2v) is 4.41. The molecule has 0 saturated heterocycles. The summed E-state index contributed by atoms with van der Waals surface area (Å²) in [6, 6.07) is 3.99. The molecule has 0 N–H and O–H groups in total. The maximum Gasteiger partial charge on any atom is 0.255 e. The van der Waals surface area contributed by atoms with Crippen molar-refractivity contribution in [2.45, 2.75) is 13.3 Å². The van der Waals surface area contributed by atoms with Gasteiger partial charge in [0.15, 0.2) is 0 Å². The Morgan fingerprint density at radius 3 is 2.82 bits per heavy atom. The second kappa shape index (κ2) is 6.41. The number of rotatable bonds is 4. The van der Waals surface area contributed by atoms with E-state index in [1.165, 1.54) is 18.2 Å². The van der Waals surface area contributed by atoms with Gasteiger partial charge in [-0.1, -0.05) is 12.8 Å². The minimum Gasteiger partial charge on any atom is -0.327 e. The molecule has 0 spiro atoms. The Hall–Kier alpha value is -1.34. The zero-order chi connectivity index (χ0) is 12.8. The van der Waals surface area contributed by atoms with Gasteiger partial charge in [0.25, 0.3) is 5.91 Å². The van der Waals surface area contributed by atoms with Gasteiger partial charge < -0.3 is 4.90 Å². The molecule has 0 fully saturated rings. The highest BCUT2D eigenvalue weighted by atomic mass is 79.9. The lowest BCUT2D eigenvalue weighted by molar-refractivity contribution is 0.0776. The summed E-state index contributed by atoms with van der Waals surface area (Å²) < 4.78 is 13.4. The molecule has 1 aromatic carbocycles. The smallest absolute Gasteiger partial charge is 0.255 e. The molecule has 1 rings (SSSR count). The van der Waals surface area contributed by atoms with Crippen LogP contribution in [0.2, 0.25) is 0 Å². The molecular formula is C13H13BrFNO. The lowest BCUT2D eigenvalue weighted by Gasteiger charge is -2.20. The van der Waals surface area contributed by atoms with E-state index in [2.05, 4.69) is 21.9 Å². The van der Waals surface area contributed by atoms with Gasteiger partial charge in [-0.15, -0.1) is 6.42 Å². The molecule has 4 heteroatoms. The van der Waals surface area contributed by atoms with E-state index >= 15 is 0 Å². The maximum absolute atomic E-state index is 12.9. The van der Waals surface area contributed by atoms with E-state index < -0.39 is 0 Å². The van der Waals surface area contributed by atoms with Crippen LogP contribution in [0.15, 0.2) is 22.7 Å². The summed E-state index contributed by atoms with van der Waals surface area (Å²) in [4.78, 5) is 13.7. The molecule has 0 bridgehead atoms. The van der Waals surface area contributed by atoms with Crippen LogP contribution in [0.3, 0.4) is 0 Å². The van der Waals surface area contributed by atoms with Crippen molar-refractivity contribution >= 4 is 21.8 Å². The van der Waals surface area contributed by atoms with Crippen molar-refractivity contribution in [3.8, 4) is 12.3 Å². The third kappa shape index (κ3) is 3.57. The van der Waals surface area contributed by atoms with Crippen molar-refractivity contribution in [1.82, 2.24) is 4.90 Å².